The molecule has 1 N–H and O–H groups in total. The highest BCUT2D eigenvalue weighted by Crippen LogP contribution is 2.26. The first kappa shape index (κ1) is 14.4. The minimum Gasteiger partial charge on any atom is -0.496 e. The molecule has 1 aromatic rings. The summed E-state index contributed by atoms with van der Waals surface area (Å²) in [6, 6.07) is 5.78. The summed E-state index contributed by atoms with van der Waals surface area (Å²) in [6.45, 7) is 2.34. The lowest BCUT2D eigenvalue weighted by atomic mass is 9.98. The Hall–Kier alpha value is -1.06. The van der Waals surface area contributed by atoms with Gasteiger partial charge in [0.05, 0.1) is 25.9 Å². The van der Waals surface area contributed by atoms with Gasteiger partial charge in [-0.2, -0.15) is 0 Å². The molecule has 106 valence electrons. The fraction of sp³-hybridized carbons (Fsp3) is 0.625. The van der Waals surface area contributed by atoms with Crippen LogP contribution in [0, 0.1) is 0 Å². The third kappa shape index (κ3) is 3.95. The Kier molecular flexibility index (Phi) is 5.23. The molecule has 1 aromatic carbocycles. The summed E-state index contributed by atoms with van der Waals surface area (Å²) in [5.41, 5.74) is 1.93. The summed E-state index contributed by atoms with van der Waals surface area (Å²) < 4.78 is 11.3. The number of rotatable bonds is 5. The monoisotopic (exact) mass is 264 g/mol. The second-order valence-electron chi connectivity index (χ2n) is 5.32. The van der Waals surface area contributed by atoms with Crippen LogP contribution < -0.4 is 4.74 Å². The van der Waals surface area contributed by atoms with Crippen molar-refractivity contribution in [2.45, 2.75) is 57.8 Å². The molecule has 0 bridgehead atoms. The highest BCUT2D eigenvalue weighted by atomic mass is 16.5. The third-order valence-electron chi connectivity index (χ3n) is 3.81. The molecule has 1 aliphatic carbocycles. The Balaban J connectivity index is 2.02. The van der Waals surface area contributed by atoms with E-state index in [0.29, 0.717) is 12.7 Å². The fourth-order valence-electron chi connectivity index (χ4n) is 2.61. The summed E-state index contributed by atoms with van der Waals surface area (Å²) in [6.07, 6.45) is 6.13. The zero-order valence-electron chi connectivity index (χ0n) is 11.9. The predicted molar refractivity (Wildman–Crippen MR) is 75.3 cm³/mol. The number of methoxy groups -OCH3 is 1. The average Bonchev–Trinajstić information content (AvgIpc) is 2.45. The molecule has 0 saturated heterocycles. The maximum atomic E-state index is 9.65. The lowest BCUT2D eigenvalue weighted by Crippen LogP contribution is -2.16. The van der Waals surface area contributed by atoms with Gasteiger partial charge in [-0.3, -0.25) is 0 Å². The van der Waals surface area contributed by atoms with Crippen molar-refractivity contribution in [3.05, 3.63) is 29.3 Å². The van der Waals surface area contributed by atoms with Crippen molar-refractivity contribution in [1.29, 1.82) is 0 Å². The molecule has 0 heterocycles. The van der Waals surface area contributed by atoms with E-state index in [9.17, 15) is 5.11 Å². The average molecular weight is 264 g/mol. The van der Waals surface area contributed by atoms with E-state index < -0.39 is 6.10 Å². The molecular weight excluding hydrogens is 240 g/mol. The molecule has 0 amide bonds. The second-order valence-corrected chi connectivity index (χ2v) is 5.32. The quantitative estimate of drug-likeness (QED) is 0.883. The van der Waals surface area contributed by atoms with Crippen LogP contribution in [0.2, 0.25) is 0 Å². The van der Waals surface area contributed by atoms with Crippen LogP contribution in [0.1, 0.15) is 56.3 Å². The maximum absolute atomic E-state index is 9.65. The van der Waals surface area contributed by atoms with Gasteiger partial charge in [-0.05, 0) is 37.5 Å². The summed E-state index contributed by atoms with van der Waals surface area (Å²) in [4.78, 5) is 0. The van der Waals surface area contributed by atoms with Crippen LogP contribution in [0.5, 0.6) is 5.75 Å². The van der Waals surface area contributed by atoms with Crippen molar-refractivity contribution < 1.29 is 14.6 Å². The zero-order chi connectivity index (χ0) is 13.7. The first-order valence-electron chi connectivity index (χ1n) is 7.17. The van der Waals surface area contributed by atoms with Gasteiger partial charge in [-0.15, -0.1) is 0 Å². The van der Waals surface area contributed by atoms with Gasteiger partial charge in [0.1, 0.15) is 5.75 Å². The Morgan fingerprint density at radius 2 is 2.00 bits per heavy atom. The molecule has 1 unspecified atom stereocenters. The fourth-order valence-corrected chi connectivity index (χ4v) is 2.61. The van der Waals surface area contributed by atoms with E-state index in [1.807, 2.05) is 18.2 Å². The molecule has 1 atom stereocenters. The Morgan fingerprint density at radius 1 is 1.26 bits per heavy atom. The molecule has 0 spiro atoms. The summed E-state index contributed by atoms with van der Waals surface area (Å²) in [5.74, 6) is 0.834. The zero-order valence-corrected chi connectivity index (χ0v) is 11.9. The van der Waals surface area contributed by atoms with Crippen LogP contribution >= 0.6 is 0 Å². The molecule has 3 nitrogen and oxygen atoms in total. The Morgan fingerprint density at radius 3 is 2.63 bits per heavy atom. The van der Waals surface area contributed by atoms with Crippen LogP contribution in [0.25, 0.3) is 0 Å². The first-order chi connectivity index (χ1) is 9.20. The van der Waals surface area contributed by atoms with Gasteiger partial charge >= 0.3 is 0 Å². The molecule has 3 heteroatoms. The largest absolute Gasteiger partial charge is 0.496 e. The molecule has 1 fully saturated rings. The van der Waals surface area contributed by atoms with Crippen molar-refractivity contribution in [2.24, 2.45) is 0 Å². The Labute approximate surface area is 115 Å². The van der Waals surface area contributed by atoms with Crippen LogP contribution in [0.4, 0.5) is 0 Å². The van der Waals surface area contributed by atoms with Gasteiger partial charge in [0.2, 0.25) is 0 Å². The normalized spacial score (nSPS) is 18.3. The molecule has 19 heavy (non-hydrogen) atoms. The van der Waals surface area contributed by atoms with Gasteiger partial charge in [-0.25, -0.2) is 0 Å². The Bertz CT molecular complexity index is 395. The predicted octanol–water partition coefficient (Wildman–Crippen LogP) is 3.60. The van der Waals surface area contributed by atoms with Crippen LogP contribution in [-0.2, 0) is 11.3 Å². The maximum Gasteiger partial charge on any atom is 0.124 e. The number of aliphatic hydroxyl groups excluding tert-OH is 1. The summed E-state index contributed by atoms with van der Waals surface area (Å²) >= 11 is 0. The summed E-state index contributed by atoms with van der Waals surface area (Å²) in [7, 11) is 1.67. The van der Waals surface area contributed by atoms with Crippen molar-refractivity contribution in [3.63, 3.8) is 0 Å². The van der Waals surface area contributed by atoms with E-state index in [4.69, 9.17) is 9.47 Å². The number of hydrogen-bond donors (Lipinski definition) is 1. The highest BCUT2D eigenvalue weighted by Gasteiger charge is 2.15. The molecule has 1 aliphatic rings. The van der Waals surface area contributed by atoms with E-state index in [2.05, 4.69) is 0 Å². The molecule has 0 aromatic heterocycles. The van der Waals surface area contributed by atoms with Crippen LogP contribution in [-0.4, -0.2) is 18.3 Å². The minimum atomic E-state index is -0.459. The van der Waals surface area contributed by atoms with Crippen molar-refractivity contribution >= 4 is 0 Å². The van der Waals surface area contributed by atoms with E-state index in [1.165, 1.54) is 32.1 Å². The lowest BCUT2D eigenvalue weighted by molar-refractivity contribution is 0.0159. The molecule has 1 saturated carbocycles. The number of ether oxygens (including phenoxy) is 2. The van der Waals surface area contributed by atoms with Gasteiger partial charge < -0.3 is 14.6 Å². The molecular formula is C16H24O3. The molecule has 2 rings (SSSR count). The van der Waals surface area contributed by atoms with E-state index in [0.717, 1.165) is 16.9 Å². The first-order valence-corrected chi connectivity index (χ1v) is 7.17. The van der Waals surface area contributed by atoms with Gasteiger partial charge in [0, 0.05) is 5.56 Å². The van der Waals surface area contributed by atoms with Crippen molar-refractivity contribution in [1.82, 2.24) is 0 Å². The molecule has 0 aliphatic heterocycles. The van der Waals surface area contributed by atoms with E-state index >= 15 is 0 Å². The molecule has 0 radical (unpaired) electrons. The third-order valence-corrected chi connectivity index (χ3v) is 3.81. The number of aliphatic hydroxyl groups is 1. The standard InChI is InChI=1S/C16H24O3/c1-12(17)13-8-9-16(18-2)14(10-13)11-19-15-6-4-3-5-7-15/h8-10,12,15,17H,3-7,11H2,1-2H3. The SMILES string of the molecule is COc1ccc(C(C)O)cc1COC1CCCCC1. The van der Waals surface area contributed by atoms with Crippen LogP contribution in [0.15, 0.2) is 18.2 Å². The lowest BCUT2D eigenvalue weighted by Gasteiger charge is -2.22. The smallest absolute Gasteiger partial charge is 0.124 e. The number of hydrogen-bond acceptors (Lipinski definition) is 3. The van der Waals surface area contributed by atoms with E-state index in [-0.39, 0.29) is 0 Å². The second kappa shape index (κ2) is 6.92. The van der Waals surface area contributed by atoms with Gasteiger partial charge in [0.25, 0.3) is 0 Å². The minimum absolute atomic E-state index is 0.383. The van der Waals surface area contributed by atoms with Crippen molar-refractivity contribution in [2.75, 3.05) is 7.11 Å². The summed E-state index contributed by atoms with van der Waals surface area (Å²) in [5, 5.41) is 9.65. The van der Waals surface area contributed by atoms with Crippen molar-refractivity contribution in [3.8, 4) is 5.75 Å². The topological polar surface area (TPSA) is 38.7 Å². The highest BCUT2D eigenvalue weighted by molar-refractivity contribution is 5.37. The van der Waals surface area contributed by atoms with E-state index in [1.54, 1.807) is 14.0 Å². The van der Waals surface area contributed by atoms with Crippen LogP contribution in [0.3, 0.4) is 0 Å². The number of benzene rings is 1. The van der Waals surface area contributed by atoms with Gasteiger partial charge in [0.15, 0.2) is 0 Å². The van der Waals surface area contributed by atoms with Gasteiger partial charge in [-0.1, -0.05) is 25.3 Å².